The molecule has 0 aliphatic carbocycles. The number of pyridine rings is 1. The molecule has 16 heavy (non-hydrogen) atoms. The van der Waals surface area contributed by atoms with Crippen molar-refractivity contribution in [2.75, 3.05) is 18.1 Å². The maximum Gasteiger partial charge on any atom is 0.335 e. The van der Waals surface area contributed by atoms with Gasteiger partial charge in [0, 0.05) is 35.0 Å². The van der Waals surface area contributed by atoms with E-state index in [4.69, 9.17) is 5.11 Å². The van der Waals surface area contributed by atoms with Crippen LogP contribution in [-0.2, 0) is 10.8 Å². The number of aromatic nitrogens is 1. The molecule has 0 aromatic carbocycles. The highest BCUT2D eigenvalue weighted by atomic mass is 32.2. The number of aromatic carboxylic acids is 1. The minimum Gasteiger partial charge on any atom is -0.478 e. The van der Waals surface area contributed by atoms with Gasteiger partial charge >= 0.3 is 5.97 Å². The smallest absolute Gasteiger partial charge is 0.335 e. The van der Waals surface area contributed by atoms with Gasteiger partial charge in [-0.15, -0.1) is 0 Å². The molecule has 0 bridgehead atoms. The van der Waals surface area contributed by atoms with Crippen molar-refractivity contribution >= 4 is 22.6 Å². The summed E-state index contributed by atoms with van der Waals surface area (Å²) in [4.78, 5) is 14.7. The number of carboxylic acids is 1. The van der Waals surface area contributed by atoms with Gasteiger partial charge in [-0.25, -0.2) is 9.78 Å². The van der Waals surface area contributed by atoms with Crippen molar-refractivity contribution in [1.82, 2.24) is 4.98 Å². The molecule has 5 nitrogen and oxygen atoms in total. The van der Waals surface area contributed by atoms with Crippen LogP contribution >= 0.6 is 0 Å². The quantitative estimate of drug-likeness (QED) is 0.804. The zero-order valence-corrected chi connectivity index (χ0v) is 9.95. The Balaban J connectivity index is 2.64. The molecule has 1 rings (SSSR count). The molecule has 0 fully saturated rings. The molecule has 0 aliphatic rings. The van der Waals surface area contributed by atoms with Crippen LogP contribution in [0.1, 0.15) is 17.3 Å². The average molecular weight is 242 g/mol. The zero-order chi connectivity index (χ0) is 12.1. The van der Waals surface area contributed by atoms with E-state index >= 15 is 0 Å². The van der Waals surface area contributed by atoms with Crippen LogP contribution in [0.2, 0.25) is 0 Å². The molecule has 0 spiro atoms. The monoisotopic (exact) mass is 242 g/mol. The van der Waals surface area contributed by atoms with E-state index in [1.165, 1.54) is 18.3 Å². The topological polar surface area (TPSA) is 79.3 Å². The Morgan fingerprint density at radius 1 is 1.69 bits per heavy atom. The predicted molar refractivity (Wildman–Crippen MR) is 63.2 cm³/mol. The first-order valence-electron chi connectivity index (χ1n) is 4.76. The molecule has 0 radical (unpaired) electrons. The molecule has 1 aromatic rings. The van der Waals surface area contributed by atoms with Crippen LogP contribution in [0.4, 0.5) is 5.82 Å². The largest absolute Gasteiger partial charge is 0.478 e. The van der Waals surface area contributed by atoms with Crippen LogP contribution in [0, 0.1) is 0 Å². The predicted octanol–water partition coefficient (Wildman–Crippen LogP) is 0.959. The number of nitrogens with one attached hydrogen (secondary N) is 1. The number of carbonyl (C=O) groups is 1. The molecule has 88 valence electrons. The molecule has 0 saturated carbocycles. The third-order valence-corrected chi connectivity index (χ3v) is 3.44. The van der Waals surface area contributed by atoms with Crippen molar-refractivity contribution in [3.63, 3.8) is 0 Å². The summed E-state index contributed by atoms with van der Waals surface area (Å²) in [6, 6.07) is 2.88. The Morgan fingerprint density at radius 2 is 2.38 bits per heavy atom. The molecule has 2 N–H and O–H groups in total. The Bertz CT molecular complexity index is 409. The summed E-state index contributed by atoms with van der Waals surface area (Å²) in [5.74, 6) is -0.505. The lowest BCUT2D eigenvalue weighted by molar-refractivity contribution is 0.0697. The second-order valence-corrected chi connectivity index (χ2v) is 5.23. The normalized spacial score (nSPS) is 14.1. The highest BCUT2D eigenvalue weighted by Gasteiger charge is 2.07. The van der Waals surface area contributed by atoms with E-state index in [0.29, 0.717) is 12.4 Å². The summed E-state index contributed by atoms with van der Waals surface area (Å²) in [6.45, 7) is 2.35. The van der Waals surface area contributed by atoms with Gasteiger partial charge in [-0.2, -0.15) is 0 Å². The van der Waals surface area contributed by atoms with Crippen LogP contribution < -0.4 is 5.32 Å². The number of hydrogen-bond acceptors (Lipinski definition) is 4. The Morgan fingerprint density at radius 3 is 2.94 bits per heavy atom. The fourth-order valence-electron chi connectivity index (χ4n) is 1.03. The lowest BCUT2D eigenvalue weighted by Crippen LogP contribution is -2.21. The summed E-state index contributed by atoms with van der Waals surface area (Å²) in [6.07, 6.45) is 3.06. The fraction of sp³-hybridized carbons (Fsp3) is 0.400. The molecule has 1 heterocycles. The summed E-state index contributed by atoms with van der Waals surface area (Å²) < 4.78 is 11.1. The molecule has 2 atom stereocenters. The van der Waals surface area contributed by atoms with Crippen molar-refractivity contribution in [1.29, 1.82) is 0 Å². The zero-order valence-electron chi connectivity index (χ0n) is 9.14. The van der Waals surface area contributed by atoms with Gasteiger partial charge in [0.05, 0.1) is 5.56 Å². The summed E-state index contributed by atoms with van der Waals surface area (Å²) in [5.41, 5.74) is 0.183. The van der Waals surface area contributed by atoms with Crippen LogP contribution in [0.3, 0.4) is 0 Å². The molecule has 0 aliphatic heterocycles. The number of anilines is 1. The van der Waals surface area contributed by atoms with Crippen LogP contribution in [0.5, 0.6) is 0 Å². The first-order chi connectivity index (χ1) is 7.50. The molecule has 0 saturated heterocycles. The minimum atomic E-state index is -0.988. The lowest BCUT2D eigenvalue weighted by atomic mass is 10.2. The number of hydrogen-bond donors (Lipinski definition) is 2. The van der Waals surface area contributed by atoms with Crippen molar-refractivity contribution in [2.45, 2.75) is 12.2 Å². The van der Waals surface area contributed by atoms with E-state index in [0.717, 1.165) is 0 Å². The first-order valence-corrected chi connectivity index (χ1v) is 6.38. The van der Waals surface area contributed by atoms with E-state index in [1.807, 2.05) is 6.92 Å². The fourth-order valence-corrected chi connectivity index (χ4v) is 1.34. The summed E-state index contributed by atoms with van der Waals surface area (Å²) in [7, 11) is -0.905. The summed E-state index contributed by atoms with van der Waals surface area (Å²) in [5, 5.41) is 11.7. The van der Waals surface area contributed by atoms with Gasteiger partial charge in [0.2, 0.25) is 0 Å². The van der Waals surface area contributed by atoms with Crippen molar-refractivity contribution < 1.29 is 14.1 Å². The molecular weight excluding hydrogens is 228 g/mol. The van der Waals surface area contributed by atoms with E-state index in [1.54, 1.807) is 6.26 Å². The van der Waals surface area contributed by atoms with Gasteiger partial charge in [-0.3, -0.25) is 4.21 Å². The van der Waals surface area contributed by atoms with Crippen LogP contribution in [0.15, 0.2) is 18.3 Å². The average Bonchev–Trinajstić information content (AvgIpc) is 2.26. The van der Waals surface area contributed by atoms with E-state index in [9.17, 15) is 9.00 Å². The maximum atomic E-state index is 11.1. The minimum absolute atomic E-state index is 0.00437. The Labute approximate surface area is 96.4 Å². The standard InChI is InChI=1S/C10H14N2O3S/c1-7(16(2)15)6-12-9-5-8(10(13)14)3-4-11-9/h3-5,7H,6H2,1-2H3,(H,11,12)(H,13,14). The van der Waals surface area contributed by atoms with Gasteiger partial charge in [0.25, 0.3) is 0 Å². The number of rotatable bonds is 5. The highest BCUT2D eigenvalue weighted by Crippen LogP contribution is 2.07. The Kier molecular flexibility index (Phi) is 4.42. The van der Waals surface area contributed by atoms with Gasteiger partial charge in [0.1, 0.15) is 5.82 Å². The maximum absolute atomic E-state index is 11.1. The van der Waals surface area contributed by atoms with Crippen molar-refractivity contribution in [2.24, 2.45) is 0 Å². The molecule has 1 aromatic heterocycles. The van der Waals surface area contributed by atoms with E-state index < -0.39 is 16.8 Å². The van der Waals surface area contributed by atoms with E-state index in [-0.39, 0.29) is 10.8 Å². The molecule has 2 unspecified atom stereocenters. The SMILES string of the molecule is CC(CNc1cc(C(=O)O)ccn1)S(C)=O. The van der Waals surface area contributed by atoms with E-state index in [2.05, 4.69) is 10.3 Å². The van der Waals surface area contributed by atoms with Crippen LogP contribution in [0.25, 0.3) is 0 Å². The summed E-state index contributed by atoms with van der Waals surface area (Å²) >= 11 is 0. The second kappa shape index (κ2) is 5.60. The second-order valence-electron chi connectivity index (χ2n) is 3.43. The van der Waals surface area contributed by atoms with Gasteiger partial charge in [0.15, 0.2) is 0 Å². The highest BCUT2D eigenvalue weighted by molar-refractivity contribution is 7.84. The first kappa shape index (κ1) is 12.6. The molecule has 0 amide bonds. The third kappa shape index (κ3) is 3.62. The van der Waals surface area contributed by atoms with Gasteiger partial charge < -0.3 is 10.4 Å². The van der Waals surface area contributed by atoms with Crippen LogP contribution in [-0.4, -0.2) is 38.3 Å². The van der Waals surface area contributed by atoms with Crippen molar-refractivity contribution in [3.05, 3.63) is 23.9 Å². The van der Waals surface area contributed by atoms with Crippen molar-refractivity contribution in [3.8, 4) is 0 Å². The van der Waals surface area contributed by atoms with Gasteiger partial charge in [-0.1, -0.05) is 0 Å². The number of nitrogens with zero attached hydrogens (tertiary/aromatic N) is 1. The third-order valence-electron chi connectivity index (χ3n) is 2.14. The molecular formula is C10H14N2O3S. The number of carboxylic acid groups (broad SMARTS) is 1. The lowest BCUT2D eigenvalue weighted by Gasteiger charge is -2.10. The Hall–Kier alpha value is -1.43. The molecule has 6 heteroatoms. The van der Waals surface area contributed by atoms with Gasteiger partial charge in [-0.05, 0) is 19.1 Å².